The Hall–Kier alpha value is -3.55. The molecule has 166 valence electrons. The number of Topliss-reactive ketones (excluding diaryl/α,β-unsaturated/α-hetero) is 2. The number of aromatic nitrogens is 3. The lowest BCUT2D eigenvalue weighted by Crippen LogP contribution is -2.17. The third-order valence-corrected chi connectivity index (χ3v) is 5.85. The summed E-state index contributed by atoms with van der Waals surface area (Å²) >= 11 is 0. The summed E-state index contributed by atoms with van der Waals surface area (Å²) in [4.78, 5) is 40.2. The molecule has 0 atom stereocenters. The molecule has 0 aliphatic heterocycles. The van der Waals surface area contributed by atoms with Gasteiger partial charge in [0, 0.05) is 22.5 Å². The van der Waals surface area contributed by atoms with Gasteiger partial charge in [0.25, 0.3) is 0 Å². The van der Waals surface area contributed by atoms with Gasteiger partial charge in [-0.3, -0.25) is 9.59 Å². The maximum Gasteiger partial charge on any atom is 0.359 e. The van der Waals surface area contributed by atoms with Crippen molar-refractivity contribution in [1.82, 2.24) is 14.8 Å². The quantitative estimate of drug-likeness (QED) is 0.463. The number of hydrogen-bond acceptors (Lipinski definition) is 5. The number of benzene rings is 1. The average Bonchev–Trinajstić information content (AvgIpc) is 3.30. The molecule has 32 heavy (non-hydrogen) atoms. The second kappa shape index (κ2) is 8.53. The van der Waals surface area contributed by atoms with E-state index in [2.05, 4.69) is 10.1 Å². The maximum atomic E-state index is 13.3. The molecule has 0 fully saturated rings. The molecule has 0 spiro atoms. The van der Waals surface area contributed by atoms with E-state index >= 15 is 0 Å². The molecule has 0 radical (unpaired) electrons. The largest absolute Gasteiger partial charge is 0.452 e. The molecule has 7 nitrogen and oxygen atoms in total. The molecule has 1 N–H and O–H groups in total. The minimum atomic E-state index is -0.676. The zero-order valence-electron chi connectivity index (χ0n) is 18.3. The van der Waals surface area contributed by atoms with Crippen LogP contribution in [0.1, 0.15) is 73.6 Å². The van der Waals surface area contributed by atoms with Crippen LogP contribution in [-0.4, -0.2) is 38.9 Å². The molecular formula is C24H24FN3O4. The van der Waals surface area contributed by atoms with Gasteiger partial charge in [0.2, 0.25) is 5.78 Å². The number of carbonyl (C=O) groups excluding carboxylic acids is 3. The fourth-order valence-corrected chi connectivity index (χ4v) is 4.39. The number of H-pyrrole nitrogens is 1. The Kier molecular flexibility index (Phi) is 5.78. The number of halogens is 1. The van der Waals surface area contributed by atoms with Crippen LogP contribution in [0.25, 0.3) is 5.69 Å². The number of carbonyl (C=O) groups is 3. The molecule has 3 aromatic rings. The Morgan fingerprint density at radius 2 is 1.81 bits per heavy atom. The summed E-state index contributed by atoms with van der Waals surface area (Å²) in [5.74, 6) is -1.58. The molecule has 2 aromatic heterocycles. The molecule has 1 aromatic carbocycles. The molecular weight excluding hydrogens is 413 g/mol. The van der Waals surface area contributed by atoms with Crippen LogP contribution >= 0.6 is 0 Å². The third-order valence-electron chi connectivity index (χ3n) is 5.85. The number of ketones is 2. The molecule has 8 heteroatoms. The number of fused-ring (bicyclic) bond motifs is 1. The zero-order chi connectivity index (χ0) is 23.0. The Labute approximate surface area is 184 Å². The minimum Gasteiger partial charge on any atom is -0.452 e. The summed E-state index contributed by atoms with van der Waals surface area (Å²) in [6, 6.07) is 5.91. The van der Waals surface area contributed by atoms with Gasteiger partial charge in [0.1, 0.15) is 5.82 Å². The summed E-state index contributed by atoms with van der Waals surface area (Å²) in [7, 11) is 0. The monoisotopic (exact) mass is 437 g/mol. The van der Waals surface area contributed by atoms with E-state index in [0.29, 0.717) is 28.9 Å². The number of esters is 1. The Bertz CT molecular complexity index is 1220. The number of rotatable bonds is 6. The zero-order valence-corrected chi connectivity index (χ0v) is 18.3. The van der Waals surface area contributed by atoms with Gasteiger partial charge < -0.3 is 9.72 Å². The SMILES string of the molecule is CC(=O)c1c(C)[nH]c(C(=O)COC(=O)c2nn(-c3ccc(F)cc3)c3c2CCCC3)c1C. The number of aromatic amines is 1. The minimum absolute atomic E-state index is 0.134. The molecule has 1 aliphatic carbocycles. The summed E-state index contributed by atoms with van der Waals surface area (Å²) in [5.41, 5.74) is 4.46. The first kappa shape index (κ1) is 21.7. The molecule has 4 rings (SSSR count). The lowest BCUT2D eigenvalue weighted by molar-refractivity contribution is 0.0466. The van der Waals surface area contributed by atoms with Crippen LogP contribution < -0.4 is 0 Å². The van der Waals surface area contributed by atoms with E-state index in [9.17, 15) is 18.8 Å². The molecule has 0 saturated heterocycles. The molecule has 0 saturated carbocycles. The van der Waals surface area contributed by atoms with Crippen LogP contribution in [0.3, 0.4) is 0 Å². The first-order chi connectivity index (χ1) is 15.3. The average molecular weight is 437 g/mol. The smallest absolute Gasteiger partial charge is 0.359 e. The van der Waals surface area contributed by atoms with Crippen LogP contribution in [-0.2, 0) is 17.6 Å². The van der Waals surface area contributed by atoms with Crippen molar-refractivity contribution in [3.05, 3.63) is 69.5 Å². The lowest BCUT2D eigenvalue weighted by atomic mass is 9.95. The van der Waals surface area contributed by atoms with Gasteiger partial charge in [-0.1, -0.05) is 0 Å². The standard InChI is InChI=1S/C24H24FN3O4/c1-13-21(15(3)29)14(2)26-22(13)20(30)12-32-24(31)23-18-6-4-5-7-19(18)28(27-23)17-10-8-16(25)9-11-17/h8-11,26H,4-7,12H2,1-3H3. The van der Waals surface area contributed by atoms with Crippen molar-refractivity contribution in [2.45, 2.75) is 46.5 Å². The molecule has 0 bridgehead atoms. The maximum absolute atomic E-state index is 13.3. The van der Waals surface area contributed by atoms with E-state index in [-0.39, 0.29) is 23.0 Å². The van der Waals surface area contributed by atoms with Crippen molar-refractivity contribution in [3.63, 3.8) is 0 Å². The summed E-state index contributed by atoms with van der Waals surface area (Å²) in [6.07, 6.45) is 3.33. The van der Waals surface area contributed by atoms with Crippen molar-refractivity contribution in [2.24, 2.45) is 0 Å². The van der Waals surface area contributed by atoms with E-state index in [4.69, 9.17) is 4.74 Å². The lowest BCUT2D eigenvalue weighted by Gasteiger charge is -2.14. The molecule has 0 amide bonds. The van der Waals surface area contributed by atoms with E-state index in [1.807, 2.05) is 0 Å². The van der Waals surface area contributed by atoms with Gasteiger partial charge in [0.05, 0.1) is 11.4 Å². The van der Waals surface area contributed by atoms with E-state index in [0.717, 1.165) is 30.5 Å². The van der Waals surface area contributed by atoms with Gasteiger partial charge in [-0.05, 0) is 76.3 Å². The fraction of sp³-hybridized carbons (Fsp3) is 0.333. The van der Waals surface area contributed by atoms with Gasteiger partial charge in [-0.15, -0.1) is 0 Å². The summed E-state index contributed by atoms with van der Waals surface area (Å²) in [6.45, 7) is 4.39. The number of ether oxygens (including phenoxy) is 1. The number of nitrogens with zero attached hydrogens (tertiary/aromatic N) is 2. The molecule has 1 aliphatic rings. The Morgan fingerprint density at radius 1 is 1.12 bits per heavy atom. The van der Waals surface area contributed by atoms with Gasteiger partial charge in [-0.2, -0.15) is 5.10 Å². The Balaban J connectivity index is 1.56. The number of hydrogen-bond donors (Lipinski definition) is 1. The predicted molar refractivity (Wildman–Crippen MR) is 115 cm³/mol. The Morgan fingerprint density at radius 3 is 2.47 bits per heavy atom. The summed E-state index contributed by atoms with van der Waals surface area (Å²) < 4.78 is 20.3. The van der Waals surface area contributed by atoms with Crippen LogP contribution in [0.15, 0.2) is 24.3 Å². The van der Waals surface area contributed by atoms with E-state index < -0.39 is 18.4 Å². The van der Waals surface area contributed by atoms with Gasteiger partial charge in [-0.25, -0.2) is 13.9 Å². The molecule has 2 heterocycles. The number of nitrogens with one attached hydrogen (secondary N) is 1. The molecule has 0 unspecified atom stereocenters. The highest BCUT2D eigenvalue weighted by Crippen LogP contribution is 2.28. The van der Waals surface area contributed by atoms with Crippen LogP contribution in [0.2, 0.25) is 0 Å². The van der Waals surface area contributed by atoms with Crippen LogP contribution in [0.4, 0.5) is 4.39 Å². The summed E-state index contributed by atoms with van der Waals surface area (Å²) in [5, 5.41) is 4.46. The van der Waals surface area contributed by atoms with Crippen molar-refractivity contribution >= 4 is 17.5 Å². The van der Waals surface area contributed by atoms with Crippen molar-refractivity contribution in [2.75, 3.05) is 6.61 Å². The highest BCUT2D eigenvalue weighted by atomic mass is 19.1. The number of aryl methyl sites for hydroxylation is 1. The second-order valence-electron chi connectivity index (χ2n) is 8.05. The highest BCUT2D eigenvalue weighted by molar-refractivity contribution is 6.04. The van der Waals surface area contributed by atoms with Crippen LogP contribution in [0, 0.1) is 19.7 Å². The second-order valence-corrected chi connectivity index (χ2v) is 8.05. The normalized spacial score (nSPS) is 13.0. The van der Waals surface area contributed by atoms with Crippen LogP contribution in [0.5, 0.6) is 0 Å². The predicted octanol–water partition coefficient (Wildman–Crippen LogP) is 4.08. The van der Waals surface area contributed by atoms with Gasteiger partial charge >= 0.3 is 5.97 Å². The van der Waals surface area contributed by atoms with E-state index in [1.165, 1.54) is 19.1 Å². The first-order valence-corrected chi connectivity index (χ1v) is 10.5. The fourth-order valence-electron chi connectivity index (χ4n) is 4.39. The highest BCUT2D eigenvalue weighted by Gasteiger charge is 2.28. The third kappa shape index (κ3) is 3.88. The van der Waals surface area contributed by atoms with Crippen molar-refractivity contribution in [1.29, 1.82) is 0 Å². The van der Waals surface area contributed by atoms with Gasteiger partial charge in [0.15, 0.2) is 18.1 Å². The first-order valence-electron chi connectivity index (χ1n) is 10.5. The van der Waals surface area contributed by atoms with E-state index in [1.54, 1.807) is 30.7 Å². The van der Waals surface area contributed by atoms with Crippen molar-refractivity contribution in [3.8, 4) is 5.69 Å². The topological polar surface area (TPSA) is 94.0 Å². The van der Waals surface area contributed by atoms with Crippen molar-refractivity contribution < 1.29 is 23.5 Å².